The van der Waals surface area contributed by atoms with Crippen LogP contribution in [0, 0.1) is 0 Å². The van der Waals surface area contributed by atoms with Crippen LogP contribution >= 0.6 is 0 Å². The Kier molecular flexibility index (Phi) is 9.79. The van der Waals surface area contributed by atoms with Crippen molar-refractivity contribution < 1.29 is 18.4 Å². The lowest BCUT2D eigenvalue weighted by Gasteiger charge is -2.42. The number of amides is 1. The van der Waals surface area contributed by atoms with E-state index in [0.29, 0.717) is 52.5 Å². The molecule has 0 aliphatic carbocycles. The number of methoxy groups -OCH3 is 1. The maximum atomic E-state index is 13.7. The molecule has 36 heavy (non-hydrogen) atoms. The molecule has 1 fully saturated rings. The van der Waals surface area contributed by atoms with E-state index in [1.165, 1.54) is 0 Å². The molecule has 0 spiro atoms. The lowest BCUT2D eigenvalue weighted by molar-refractivity contribution is 0.0684. The maximum absolute atomic E-state index is 13.7. The molecule has 1 aromatic carbocycles. The molecular formula is C28H52N2O4Si2. The van der Waals surface area contributed by atoms with Crippen LogP contribution in [0.1, 0.15) is 85.5 Å². The van der Waals surface area contributed by atoms with E-state index in [9.17, 15) is 4.79 Å². The summed E-state index contributed by atoms with van der Waals surface area (Å²) in [7, 11) is -2.48. The number of nitrogens with zero attached hydrogens (tertiary/aromatic N) is 1. The van der Waals surface area contributed by atoms with E-state index in [1.807, 2.05) is 4.90 Å². The summed E-state index contributed by atoms with van der Waals surface area (Å²) in [6, 6.07) is 3.64. The van der Waals surface area contributed by atoms with Crippen LogP contribution in [0.5, 0.6) is 11.5 Å². The Labute approximate surface area is 222 Å². The summed E-state index contributed by atoms with van der Waals surface area (Å²) < 4.78 is 19.1. The van der Waals surface area contributed by atoms with E-state index in [1.54, 1.807) is 19.2 Å². The largest absolute Gasteiger partial charge is 0.540 e. The lowest BCUT2D eigenvalue weighted by atomic mass is 10.1. The first-order valence-corrected chi connectivity index (χ1v) is 18.7. The van der Waals surface area contributed by atoms with Gasteiger partial charge in [-0.2, -0.15) is 0 Å². The van der Waals surface area contributed by atoms with Crippen LogP contribution in [-0.2, 0) is 4.43 Å². The minimum atomic E-state index is -2.21. The number of ether oxygens (including phenoxy) is 1. The Morgan fingerprint density at radius 1 is 1.06 bits per heavy atom. The van der Waals surface area contributed by atoms with E-state index in [-0.39, 0.29) is 17.0 Å². The molecule has 1 saturated heterocycles. The summed E-state index contributed by atoms with van der Waals surface area (Å²) >= 11 is 0. The van der Waals surface area contributed by atoms with Crippen molar-refractivity contribution in [3.63, 3.8) is 0 Å². The quantitative estimate of drug-likeness (QED) is 0.248. The molecule has 1 aliphatic rings. The Hall–Kier alpha value is -1.52. The first-order valence-electron chi connectivity index (χ1n) is 13.6. The highest BCUT2D eigenvalue weighted by atomic mass is 28.4. The van der Waals surface area contributed by atoms with Crippen molar-refractivity contribution >= 4 is 28.2 Å². The summed E-state index contributed by atoms with van der Waals surface area (Å²) in [6.07, 6.45) is 1.92. The third-order valence-corrected chi connectivity index (χ3v) is 19.1. The molecule has 0 bridgehead atoms. The van der Waals surface area contributed by atoms with Gasteiger partial charge in [0.1, 0.15) is 5.75 Å². The summed E-state index contributed by atoms with van der Waals surface area (Å²) in [5.41, 5.74) is 8.67. The molecule has 0 radical (unpaired) electrons. The minimum Gasteiger partial charge on any atom is -0.540 e. The van der Waals surface area contributed by atoms with Gasteiger partial charge in [0.25, 0.3) is 14.2 Å². The molecule has 8 heteroatoms. The van der Waals surface area contributed by atoms with Crippen molar-refractivity contribution in [3.05, 3.63) is 17.7 Å². The molecule has 1 unspecified atom stereocenters. The molecule has 0 saturated carbocycles. The first-order chi connectivity index (χ1) is 16.5. The van der Waals surface area contributed by atoms with Gasteiger partial charge in [0.05, 0.1) is 25.3 Å². The molecule has 2 rings (SSSR count). The van der Waals surface area contributed by atoms with Gasteiger partial charge in [0.15, 0.2) is 14.1 Å². The standard InChI is InChI=1S/C28H52N2O4Si2/c1-19(2)36(20(3)4,21(5)6)34-26-17-24(29)23(16-25(26)32-10)27(31)30-15-13-14-22(30)18-33-35(11,12)28(7,8)9/h16-17,19-22H,13-15,18,29H2,1-12H3. The van der Waals surface area contributed by atoms with E-state index >= 15 is 0 Å². The third kappa shape index (κ3) is 6.13. The zero-order valence-electron chi connectivity index (χ0n) is 25.0. The summed E-state index contributed by atoms with van der Waals surface area (Å²) in [6.45, 7) is 26.0. The highest BCUT2D eigenvalue weighted by Crippen LogP contribution is 2.46. The number of carbonyl (C=O) groups excluding carboxylic acids is 1. The molecule has 0 aromatic heterocycles. The zero-order chi connectivity index (χ0) is 27.6. The highest BCUT2D eigenvalue weighted by molar-refractivity contribution is 6.78. The number of anilines is 1. The van der Waals surface area contributed by atoms with Crippen LogP contribution in [0.25, 0.3) is 0 Å². The smallest absolute Gasteiger partial charge is 0.258 e. The molecule has 2 N–H and O–H groups in total. The topological polar surface area (TPSA) is 74.0 Å². The van der Waals surface area contributed by atoms with Crippen LogP contribution in [0.15, 0.2) is 12.1 Å². The van der Waals surface area contributed by atoms with E-state index in [2.05, 4.69) is 75.4 Å². The fraction of sp³-hybridized carbons (Fsp3) is 0.750. The fourth-order valence-corrected chi connectivity index (χ4v) is 11.8. The third-order valence-electron chi connectivity index (χ3n) is 8.64. The second-order valence-corrected chi connectivity index (χ2v) is 23.1. The monoisotopic (exact) mass is 536 g/mol. The molecule has 206 valence electrons. The number of carbonyl (C=O) groups is 1. The summed E-state index contributed by atoms with van der Waals surface area (Å²) in [4.78, 5) is 15.6. The van der Waals surface area contributed by atoms with Crippen LogP contribution in [-0.4, -0.2) is 53.7 Å². The van der Waals surface area contributed by atoms with Crippen molar-refractivity contribution in [2.45, 2.75) is 116 Å². The normalized spacial score (nSPS) is 17.4. The van der Waals surface area contributed by atoms with Crippen LogP contribution in [0.4, 0.5) is 5.69 Å². The van der Waals surface area contributed by atoms with Crippen molar-refractivity contribution in [3.8, 4) is 11.5 Å². The van der Waals surface area contributed by atoms with Gasteiger partial charge in [-0.25, -0.2) is 0 Å². The highest BCUT2D eigenvalue weighted by Gasteiger charge is 2.47. The Morgan fingerprint density at radius 3 is 2.08 bits per heavy atom. The van der Waals surface area contributed by atoms with Gasteiger partial charge < -0.3 is 24.2 Å². The van der Waals surface area contributed by atoms with Crippen LogP contribution in [0.2, 0.25) is 34.8 Å². The molecule has 1 aromatic rings. The number of likely N-dealkylation sites (tertiary alicyclic amines) is 1. The van der Waals surface area contributed by atoms with Gasteiger partial charge in [-0.1, -0.05) is 62.3 Å². The number of benzene rings is 1. The first kappa shape index (κ1) is 30.7. The van der Waals surface area contributed by atoms with Gasteiger partial charge in [-0.05, 0) is 53.7 Å². The van der Waals surface area contributed by atoms with Crippen molar-refractivity contribution in [2.24, 2.45) is 0 Å². The molecule has 1 atom stereocenters. The zero-order valence-corrected chi connectivity index (χ0v) is 27.0. The van der Waals surface area contributed by atoms with Crippen LogP contribution in [0.3, 0.4) is 0 Å². The average Bonchev–Trinajstić information content (AvgIpc) is 3.22. The lowest BCUT2D eigenvalue weighted by Crippen LogP contribution is -2.50. The second kappa shape index (κ2) is 11.5. The number of hydrogen-bond acceptors (Lipinski definition) is 5. The van der Waals surface area contributed by atoms with E-state index in [4.69, 9.17) is 19.3 Å². The number of hydrogen-bond donors (Lipinski definition) is 1. The SMILES string of the molecule is COc1cc(C(=O)N2CCCC2CO[Si](C)(C)C(C)(C)C)c(N)cc1O[Si](C(C)C)(C(C)C)C(C)C. The van der Waals surface area contributed by atoms with Crippen molar-refractivity contribution in [1.29, 1.82) is 0 Å². The predicted octanol–water partition coefficient (Wildman–Crippen LogP) is 7.46. The molecule has 1 heterocycles. The molecule has 6 nitrogen and oxygen atoms in total. The van der Waals surface area contributed by atoms with Gasteiger partial charge in [0, 0.05) is 18.3 Å². The number of rotatable bonds is 10. The maximum Gasteiger partial charge on any atom is 0.258 e. The Morgan fingerprint density at radius 2 is 1.61 bits per heavy atom. The van der Waals surface area contributed by atoms with Crippen molar-refractivity contribution in [2.75, 3.05) is 26.0 Å². The van der Waals surface area contributed by atoms with Crippen molar-refractivity contribution in [1.82, 2.24) is 4.90 Å². The Bertz CT molecular complexity index is 888. The summed E-state index contributed by atoms with van der Waals surface area (Å²) in [5.74, 6) is 1.16. The number of nitrogen functional groups attached to an aromatic ring is 1. The summed E-state index contributed by atoms with van der Waals surface area (Å²) in [5, 5.41) is 0.133. The fourth-order valence-electron chi connectivity index (χ4n) is 5.50. The average molecular weight is 537 g/mol. The predicted molar refractivity (Wildman–Crippen MR) is 156 cm³/mol. The van der Waals surface area contributed by atoms with E-state index < -0.39 is 16.6 Å². The van der Waals surface area contributed by atoms with Gasteiger partial charge in [-0.3, -0.25) is 4.79 Å². The molecular weight excluding hydrogens is 484 g/mol. The Balaban J connectivity index is 2.35. The van der Waals surface area contributed by atoms with Gasteiger partial charge in [0.2, 0.25) is 0 Å². The molecule has 1 aliphatic heterocycles. The van der Waals surface area contributed by atoms with Crippen LogP contribution < -0.4 is 14.9 Å². The second-order valence-electron chi connectivity index (χ2n) is 12.9. The van der Waals surface area contributed by atoms with Gasteiger partial charge in [-0.15, -0.1) is 0 Å². The minimum absolute atomic E-state index is 0.0567. The van der Waals surface area contributed by atoms with E-state index in [0.717, 1.165) is 12.8 Å². The number of nitrogens with two attached hydrogens (primary N) is 1. The molecule has 1 amide bonds. The van der Waals surface area contributed by atoms with Gasteiger partial charge >= 0.3 is 0 Å².